The van der Waals surface area contributed by atoms with Crippen molar-refractivity contribution >= 4 is 11.9 Å². The van der Waals surface area contributed by atoms with Crippen molar-refractivity contribution in [2.45, 2.75) is 18.3 Å². The summed E-state index contributed by atoms with van der Waals surface area (Å²) in [4.78, 5) is 16.7. The molecule has 5 nitrogen and oxygen atoms in total. The summed E-state index contributed by atoms with van der Waals surface area (Å²) in [7, 11) is 0. The zero-order chi connectivity index (χ0) is 11.9. The summed E-state index contributed by atoms with van der Waals surface area (Å²) in [6.07, 6.45) is 2.74. The van der Waals surface area contributed by atoms with Gasteiger partial charge in [0.1, 0.15) is 5.82 Å². The molecule has 2 aliphatic heterocycles. The molecule has 2 aliphatic rings. The van der Waals surface area contributed by atoms with Crippen LogP contribution in [0, 0.1) is 0 Å². The minimum absolute atomic E-state index is 0.0928. The van der Waals surface area contributed by atoms with E-state index in [0.717, 1.165) is 25.2 Å². The third kappa shape index (κ3) is 1.53. The Morgan fingerprint density at radius 1 is 1.47 bits per heavy atom. The number of hydrogen-bond donors (Lipinski definition) is 2. The summed E-state index contributed by atoms with van der Waals surface area (Å²) in [6.45, 7) is 2.11. The maximum atomic E-state index is 10.9. The number of rotatable bonds is 0. The summed E-state index contributed by atoms with van der Waals surface area (Å²) in [5.74, 6) is 0.969. The molecule has 0 aromatic carbocycles. The van der Waals surface area contributed by atoms with E-state index < -0.39 is 6.09 Å². The number of likely N-dealkylation sites (tertiary alicyclic amines) is 1. The van der Waals surface area contributed by atoms with Gasteiger partial charge in [-0.3, -0.25) is 0 Å². The fraction of sp³-hybridized carbons (Fsp3) is 0.500. The van der Waals surface area contributed by atoms with E-state index in [1.165, 1.54) is 10.5 Å². The van der Waals surface area contributed by atoms with Gasteiger partial charge < -0.3 is 15.3 Å². The monoisotopic (exact) mass is 233 g/mol. The summed E-state index contributed by atoms with van der Waals surface area (Å²) >= 11 is 0. The van der Waals surface area contributed by atoms with Gasteiger partial charge in [-0.2, -0.15) is 0 Å². The van der Waals surface area contributed by atoms with Crippen LogP contribution >= 0.6 is 0 Å². The predicted molar refractivity (Wildman–Crippen MR) is 63.2 cm³/mol. The van der Waals surface area contributed by atoms with Crippen molar-refractivity contribution in [3.05, 3.63) is 23.9 Å². The normalized spacial score (nSPS) is 21.1. The van der Waals surface area contributed by atoms with Crippen LogP contribution in [0.3, 0.4) is 0 Å². The minimum Gasteiger partial charge on any atom is -0.465 e. The Balaban J connectivity index is 1.85. The minimum atomic E-state index is -0.808. The second-order valence-corrected chi connectivity index (χ2v) is 4.80. The van der Waals surface area contributed by atoms with Gasteiger partial charge in [0.2, 0.25) is 0 Å². The first-order valence-electron chi connectivity index (χ1n) is 5.89. The number of pyridine rings is 1. The van der Waals surface area contributed by atoms with Crippen molar-refractivity contribution < 1.29 is 9.90 Å². The van der Waals surface area contributed by atoms with Crippen LogP contribution in [0.5, 0.6) is 0 Å². The lowest BCUT2D eigenvalue weighted by Crippen LogP contribution is -2.45. The highest BCUT2D eigenvalue weighted by Crippen LogP contribution is 2.42. The number of fused-ring (bicyclic) bond motifs is 2. The molecule has 17 heavy (non-hydrogen) atoms. The van der Waals surface area contributed by atoms with Crippen molar-refractivity contribution in [2.75, 3.05) is 25.0 Å². The van der Waals surface area contributed by atoms with Gasteiger partial charge in [0.15, 0.2) is 0 Å². The highest BCUT2D eigenvalue weighted by molar-refractivity contribution is 5.65. The summed E-state index contributed by atoms with van der Waals surface area (Å²) < 4.78 is 0. The zero-order valence-electron chi connectivity index (χ0n) is 9.52. The van der Waals surface area contributed by atoms with Crippen LogP contribution in [0.4, 0.5) is 10.6 Å². The van der Waals surface area contributed by atoms with Crippen molar-refractivity contribution in [2.24, 2.45) is 0 Å². The molecule has 3 rings (SSSR count). The molecule has 0 saturated carbocycles. The number of hydrogen-bond acceptors (Lipinski definition) is 3. The molecule has 0 radical (unpaired) electrons. The molecule has 1 fully saturated rings. The number of piperidine rings is 1. The van der Waals surface area contributed by atoms with Gasteiger partial charge in [-0.15, -0.1) is 0 Å². The van der Waals surface area contributed by atoms with Crippen LogP contribution in [0.25, 0.3) is 0 Å². The van der Waals surface area contributed by atoms with Crippen LogP contribution in [0.15, 0.2) is 18.3 Å². The van der Waals surface area contributed by atoms with Crippen molar-refractivity contribution in [1.82, 2.24) is 9.88 Å². The SMILES string of the molecule is O=C(O)N1CCC2(CC1)CNc1ncccc12. The highest BCUT2D eigenvalue weighted by Gasteiger charge is 2.42. The predicted octanol–water partition coefficient (Wildman–Crippen LogP) is 1.52. The highest BCUT2D eigenvalue weighted by atomic mass is 16.4. The first-order chi connectivity index (χ1) is 8.21. The quantitative estimate of drug-likeness (QED) is 0.713. The molecule has 90 valence electrons. The topological polar surface area (TPSA) is 65.5 Å². The van der Waals surface area contributed by atoms with Crippen LogP contribution in [0.1, 0.15) is 18.4 Å². The van der Waals surface area contributed by atoms with E-state index >= 15 is 0 Å². The third-order valence-electron chi connectivity index (χ3n) is 3.96. The maximum absolute atomic E-state index is 10.9. The Labute approximate surface area is 99.5 Å². The second kappa shape index (κ2) is 3.61. The zero-order valence-corrected chi connectivity index (χ0v) is 9.52. The number of amides is 1. The Morgan fingerprint density at radius 3 is 2.94 bits per heavy atom. The first-order valence-corrected chi connectivity index (χ1v) is 5.89. The largest absolute Gasteiger partial charge is 0.465 e. The van der Waals surface area contributed by atoms with Crippen molar-refractivity contribution in [3.63, 3.8) is 0 Å². The van der Waals surface area contributed by atoms with Gasteiger partial charge in [0.05, 0.1) is 0 Å². The molecular weight excluding hydrogens is 218 g/mol. The summed E-state index contributed by atoms with van der Waals surface area (Å²) in [6, 6.07) is 4.07. The van der Waals surface area contributed by atoms with E-state index in [2.05, 4.69) is 16.4 Å². The number of anilines is 1. The lowest BCUT2D eigenvalue weighted by Gasteiger charge is -2.37. The Hall–Kier alpha value is -1.78. The van der Waals surface area contributed by atoms with Crippen LogP contribution < -0.4 is 5.32 Å². The molecule has 0 unspecified atom stereocenters. The van der Waals surface area contributed by atoms with E-state index in [0.29, 0.717) is 13.1 Å². The van der Waals surface area contributed by atoms with E-state index in [4.69, 9.17) is 5.11 Å². The molecule has 1 saturated heterocycles. The van der Waals surface area contributed by atoms with Gasteiger partial charge in [0.25, 0.3) is 0 Å². The second-order valence-electron chi connectivity index (χ2n) is 4.80. The molecule has 1 aromatic rings. The maximum Gasteiger partial charge on any atom is 0.407 e. The number of carboxylic acid groups (broad SMARTS) is 1. The lowest BCUT2D eigenvalue weighted by atomic mass is 9.75. The molecule has 1 aromatic heterocycles. The molecule has 2 N–H and O–H groups in total. The number of nitrogens with one attached hydrogen (secondary N) is 1. The van der Waals surface area contributed by atoms with Gasteiger partial charge >= 0.3 is 6.09 Å². The van der Waals surface area contributed by atoms with Gasteiger partial charge in [-0.05, 0) is 18.9 Å². The number of aromatic nitrogens is 1. The average molecular weight is 233 g/mol. The Bertz CT molecular complexity index is 453. The van der Waals surface area contributed by atoms with Gasteiger partial charge in [-0.25, -0.2) is 9.78 Å². The number of carbonyl (C=O) groups is 1. The molecule has 1 amide bonds. The van der Waals surface area contributed by atoms with Gasteiger partial charge in [-0.1, -0.05) is 6.07 Å². The third-order valence-corrected chi connectivity index (χ3v) is 3.96. The molecule has 0 atom stereocenters. The molecule has 0 aliphatic carbocycles. The fourth-order valence-corrected chi connectivity index (χ4v) is 2.89. The van der Waals surface area contributed by atoms with E-state index in [9.17, 15) is 4.79 Å². The lowest BCUT2D eigenvalue weighted by molar-refractivity contribution is 0.119. The average Bonchev–Trinajstić information content (AvgIpc) is 2.70. The van der Waals surface area contributed by atoms with Crippen LogP contribution in [-0.2, 0) is 5.41 Å². The Kier molecular flexibility index (Phi) is 2.21. The molecule has 0 bridgehead atoms. The first kappa shape index (κ1) is 10.4. The van der Waals surface area contributed by atoms with E-state index in [-0.39, 0.29) is 5.41 Å². The van der Waals surface area contributed by atoms with E-state index in [1.54, 1.807) is 6.20 Å². The molecular formula is C12H15N3O2. The molecule has 3 heterocycles. The van der Waals surface area contributed by atoms with Crippen molar-refractivity contribution in [1.29, 1.82) is 0 Å². The number of nitrogens with zero attached hydrogens (tertiary/aromatic N) is 2. The smallest absolute Gasteiger partial charge is 0.407 e. The summed E-state index contributed by atoms with van der Waals surface area (Å²) in [5, 5.41) is 12.3. The standard InChI is InChI=1S/C12H15N3O2/c16-11(17)15-6-3-12(4-7-15)8-14-10-9(12)2-1-5-13-10/h1-2,5H,3-4,6-8H2,(H,13,14)(H,16,17). The summed E-state index contributed by atoms with van der Waals surface area (Å²) in [5.41, 5.74) is 1.35. The van der Waals surface area contributed by atoms with Crippen LogP contribution in [-0.4, -0.2) is 40.7 Å². The van der Waals surface area contributed by atoms with Crippen LogP contribution in [0.2, 0.25) is 0 Å². The van der Waals surface area contributed by atoms with Gasteiger partial charge in [0, 0.05) is 36.8 Å². The van der Waals surface area contributed by atoms with Crippen molar-refractivity contribution in [3.8, 4) is 0 Å². The van der Waals surface area contributed by atoms with E-state index in [1.807, 2.05) is 6.07 Å². The fourth-order valence-electron chi connectivity index (χ4n) is 2.89. The molecule has 1 spiro atoms. The molecule has 5 heteroatoms. The Morgan fingerprint density at radius 2 is 2.24 bits per heavy atom.